The highest BCUT2D eigenvalue weighted by molar-refractivity contribution is 5.88. The van der Waals surface area contributed by atoms with Gasteiger partial charge in [0.1, 0.15) is 12.1 Å². The third-order valence-electron chi connectivity index (χ3n) is 4.46. The molecule has 2 aromatic carbocycles. The summed E-state index contributed by atoms with van der Waals surface area (Å²) in [6, 6.07) is 15.8. The lowest BCUT2D eigenvalue weighted by atomic mass is 10.2. The molecule has 0 atom stereocenters. The molecule has 8 nitrogen and oxygen atoms in total. The van der Waals surface area contributed by atoms with Crippen LogP contribution in [-0.4, -0.2) is 47.2 Å². The average Bonchev–Trinajstić information content (AvgIpc) is 3.19. The lowest BCUT2D eigenvalue weighted by molar-refractivity contribution is 0.414. The minimum Gasteiger partial charge on any atom is -0.497 e. The Labute approximate surface area is 168 Å². The lowest BCUT2D eigenvalue weighted by Gasteiger charge is -2.11. The zero-order valence-corrected chi connectivity index (χ0v) is 16.4. The van der Waals surface area contributed by atoms with Gasteiger partial charge < -0.3 is 9.64 Å². The molecule has 1 N–H and O–H groups in total. The molecule has 2 aromatic heterocycles. The Balaban J connectivity index is 1.58. The van der Waals surface area contributed by atoms with E-state index in [4.69, 9.17) is 4.74 Å². The summed E-state index contributed by atoms with van der Waals surface area (Å²) < 4.78 is 7.04. The van der Waals surface area contributed by atoms with Gasteiger partial charge in [0, 0.05) is 25.8 Å². The average molecular weight is 387 g/mol. The van der Waals surface area contributed by atoms with Crippen LogP contribution in [0.1, 0.15) is 5.56 Å². The molecule has 0 spiro atoms. The summed E-state index contributed by atoms with van der Waals surface area (Å²) in [5, 5.41) is 9.54. The molecule has 2 heterocycles. The number of hydrazone groups is 1. The van der Waals surface area contributed by atoms with Gasteiger partial charge >= 0.3 is 0 Å². The number of benzene rings is 2. The second kappa shape index (κ2) is 7.97. The zero-order chi connectivity index (χ0) is 20.2. The number of anilines is 2. The molecule has 8 heteroatoms. The summed E-state index contributed by atoms with van der Waals surface area (Å²) in [6.07, 6.45) is 4.96. The molecular weight excluding hydrogens is 366 g/mol. The van der Waals surface area contributed by atoms with Gasteiger partial charge in [-0.25, -0.2) is 14.6 Å². The van der Waals surface area contributed by atoms with Crippen molar-refractivity contribution in [3.63, 3.8) is 0 Å². The molecule has 0 saturated carbocycles. The van der Waals surface area contributed by atoms with Crippen LogP contribution in [0.25, 0.3) is 16.7 Å². The highest BCUT2D eigenvalue weighted by Crippen LogP contribution is 2.23. The number of methoxy groups -OCH3 is 1. The minimum atomic E-state index is 0.588. The van der Waals surface area contributed by atoms with Crippen LogP contribution in [0.2, 0.25) is 0 Å². The summed E-state index contributed by atoms with van der Waals surface area (Å²) in [6.45, 7) is 0. The van der Waals surface area contributed by atoms with Crippen molar-refractivity contribution in [3.05, 3.63) is 66.6 Å². The van der Waals surface area contributed by atoms with Crippen molar-refractivity contribution < 1.29 is 4.74 Å². The second-order valence-electron chi connectivity index (χ2n) is 6.57. The Morgan fingerprint density at radius 2 is 1.93 bits per heavy atom. The Morgan fingerprint density at radius 3 is 2.69 bits per heavy atom. The van der Waals surface area contributed by atoms with Crippen LogP contribution in [0, 0.1) is 0 Å². The molecule has 4 rings (SSSR count). The van der Waals surface area contributed by atoms with E-state index in [2.05, 4.69) is 30.5 Å². The molecule has 0 radical (unpaired) electrons. The fourth-order valence-electron chi connectivity index (χ4n) is 2.89. The Hall–Kier alpha value is -3.94. The van der Waals surface area contributed by atoms with Crippen LogP contribution in [-0.2, 0) is 0 Å². The molecule has 0 aliphatic heterocycles. The molecule has 146 valence electrons. The van der Waals surface area contributed by atoms with Crippen molar-refractivity contribution in [1.29, 1.82) is 0 Å². The maximum Gasteiger partial charge on any atom is 0.168 e. The number of rotatable bonds is 6. The number of fused-ring (bicyclic) bond motifs is 1. The highest BCUT2D eigenvalue weighted by Gasteiger charge is 2.11. The number of aromatic nitrogens is 4. The van der Waals surface area contributed by atoms with Gasteiger partial charge in [-0.3, -0.25) is 5.43 Å². The molecular formula is C21H21N7O. The molecule has 29 heavy (non-hydrogen) atoms. The largest absolute Gasteiger partial charge is 0.497 e. The number of nitrogens with zero attached hydrogens (tertiary/aromatic N) is 6. The SMILES string of the molecule is COc1cccc(-n2ncc3c(NN=Cc4ccc(N(C)C)cc4)ncnc32)c1. The van der Waals surface area contributed by atoms with E-state index in [0.29, 0.717) is 11.5 Å². The third kappa shape index (κ3) is 3.86. The van der Waals surface area contributed by atoms with Gasteiger partial charge in [0.2, 0.25) is 0 Å². The van der Waals surface area contributed by atoms with Gasteiger partial charge in [0.05, 0.1) is 30.6 Å². The van der Waals surface area contributed by atoms with E-state index in [-0.39, 0.29) is 0 Å². The first-order chi connectivity index (χ1) is 14.2. The molecule has 0 fully saturated rings. The fraction of sp³-hybridized carbons (Fsp3) is 0.143. The van der Waals surface area contributed by atoms with Gasteiger partial charge in [-0.2, -0.15) is 10.2 Å². The predicted octanol–water partition coefficient (Wildman–Crippen LogP) is 3.34. The van der Waals surface area contributed by atoms with Crippen LogP contribution < -0.4 is 15.1 Å². The van der Waals surface area contributed by atoms with Gasteiger partial charge in [-0.1, -0.05) is 18.2 Å². The summed E-state index contributed by atoms with van der Waals surface area (Å²) >= 11 is 0. The molecule has 0 bridgehead atoms. The molecule has 4 aromatic rings. The van der Waals surface area contributed by atoms with E-state index < -0.39 is 0 Å². The maximum atomic E-state index is 5.30. The van der Waals surface area contributed by atoms with Gasteiger partial charge in [0.15, 0.2) is 11.5 Å². The summed E-state index contributed by atoms with van der Waals surface area (Å²) in [5.41, 5.74) is 6.65. The number of ether oxygens (including phenoxy) is 1. The van der Waals surface area contributed by atoms with Crippen LogP contribution in [0.5, 0.6) is 5.75 Å². The summed E-state index contributed by atoms with van der Waals surface area (Å²) in [5.74, 6) is 1.34. The molecule has 0 aliphatic carbocycles. The third-order valence-corrected chi connectivity index (χ3v) is 4.46. The van der Waals surface area contributed by atoms with Crippen molar-refractivity contribution in [2.24, 2.45) is 5.10 Å². The molecule has 0 aliphatic rings. The van der Waals surface area contributed by atoms with Crippen molar-refractivity contribution in [2.45, 2.75) is 0 Å². The smallest absolute Gasteiger partial charge is 0.168 e. The topological polar surface area (TPSA) is 80.5 Å². The highest BCUT2D eigenvalue weighted by atomic mass is 16.5. The predicted molar refractivity (Wildman–Crippen MR) is 115 cm³/mol. The summed E-state index contributed by atoms with van der Waals surface area (Å²) in [7, 11) is 5.66. The Bertz CT molecular complexity index is 1150. The summed E-state index contributed by atoms with van der Waals surface area (Å²) in [4.78, 5) is 10.7. The van der Waals surface area contributed by atoms with Crippen LogP contribution in [0.4, 0.5) is 11.5 Å². The first-order valence-corrected chi connectivity index (χ1v) is 9.05. The van der Waals surface area contributed by atoms with E-state index in [1.54, 1.807) is 24.2 Å². The van der Waals surface area contributed by atoms with Gasteiger partial charge in [-0.15, -0.1) is 0 Å². The van der Waals surface area contributed by atoms with E-state index >= 15 is 0 Å². The van der Waals surface area contributed by atoms with Crippen molar-refractivity contribution in [1.82, 2.24) is 19.7 Å². The van der Waals surface area contributed by atoms with Crippen molar-refractivity contribution in [2.75, 3.05) is 31.5 Å². The Kier molecular flexibility index (Phi) is 5.07. The van der Waals surface area contributed by atoms with Crippen molar-refractivity contribution in [3.8, 4) is 11.4 Å². The molecule has 0 unspecified atom stereocenters. The number of hydrogen-bond acceptors (Lipinski definition) is 7. The minimum absolute atomic E-state index is 0.588. The standard InChI is InChI=1S/C21H21N7O/c1-27(2)16-9-7-15(8-10-16)12-24-26-20-19-13-25-28(21(19)23-14-22-20)17-5-4-6-18(11-17)29-3/h4-14H,1-3H3,(H,22,23,26). The first kappa shape index (κ1) is 18.4. The van der Waals surface area contributed by atoms with Gasteiger partial charge in [0.25, 0.3) is 0 Å². The van der Waals surface area contributed by atoms with E-state index in [1.807, 2.05) is 62.6 Å². The quantitative estimate of drug-likeness (QED) is 0.404. The number of nitrogens with one attached hydrogen (secondary N) is 1. The van der Waals surface area contributed by atoms with Crippen LogP contribution >= 0.6 is 0 Å². The lowest BCUT2D eigenvalue weighted by Crippen LogP contribution is -2.08. The Morgan fingerprint density at radius 1 is 1.10 bits per heavy atom. The normalized spacial score (nSPS) is 11.1. The fourth-order valence-corrected chi connectivity index (χ4v) is 2.89. The van der Waals surface area contributed by atoms with Crippen molar-refractivity contribution >= 4 is 28.8 Å². The zero-order valence-electron chi connectivity index (χ0n) is 16.4. The second-order valence-corrected chi connectivity index (χ2v) is 6.57. The first-order valence-electron chi connectivity index (χ1n) is 9.05. The van der Waals surface area contributed by atoms with E-state index in [0.717, 1.165) is 28.1 Å². The maximum absolute atomic E-state index is 5.30. The van der Waals surface area contributed by atoms with Crippen LogP contribution in [0.3, 0.4) is 0 Å². The number of hydrogen-bond donors (Lipinski definition) is 1. The molecule has 0 amide bonds. The van der Waals surface area contributed by atoms with E-state index in [9.17, 15) is 0 Å². The monoisotopic (exact) mass is 387 g/mol. The van der Waals surface area contributed by atoms with Crippen LogP contribution in [0.15, 0.2) is 66.2 Å². The van der Waals surface area contributed by atoms with Gasteiger partial charge in [-0.05, 0) is 29.8 Å². The molecule has 0 saturated heterocycles. The van der Waals surface area contributed by atoms with E-state index in [1.165, 1.54) is 6.33 Å².